The van der Waals surface area contributed by atoms with Gasteiger partial charge in [0.2, 0.25) is 0 Å². The van der Waals surface area contributed by atoms with Crippen LogP contribution < -0.4 is 10.6 Å². The van der Waals surface area contributed by atoms with Gasteiger partial charge in [-0.25, -0.2) is 0 Å². The van der Waals surface area contributed by atoms with Gasteiger partial charge in [0.05, 0.1) is 6.20 Å². The van der Waals surface area contributed by atoms with Crippen LogP contribution in [0.2, 0.25) is 0 Å². The van der Waals surface area contributed by atoms with Gasteiger partial charge >= 0.3 is 0 Å². The molecule has 0 aliphatic heterocycles. The summed E-state index contributed by atoms with van der Waals surface area (Å²) in [6.07, 6.45) is 4.87. The number of aryl methyl sites for hydroxylation is 1. The van der Waals surface area contributed by atoms with Crippen LogP contribution >= 0.6 is 12.2 Å². The fourth-order valence-corrected chi connectivity index (χ4v) is 1.22. The first-order chi connectivity index (χ1) is 6.72. The normalized spacial score (nSPS) is 9.86. The van der Waals surface area contributed by atoms with Gasteiger partial charge in [-0.1, -0.05) is 6.92 Å². The van der Waals surface area contributed by atoms with Crippen molar-refractivity contribution in [3.05, 3.63) is 18.0 Å². The van der Waals surface area contributed by atoms with Crippen molar-refractivity contribution in [1.82, 2.24) is 20.4 Å². The molecule has 0 fully saturated rings. The maximum atomic E-state index is 5.08. The predicted octanol–water partition coefficient (Wildman–Crippen LogP) is 0.794. The SMILES string of the molecule is CCCNC(=S)NCc1cnn(C)c1. The molecular formula is C9H16N4S. The molecule has 0 amide bonds. The summed E-state index contributed by atoms with van der Waals surface area (Å²) >= 11 is 5.08. The summed E-state index contributed by atoms with van der Waals surface area (Å²) in [5.74, 6) is 0. The Balaban J connectivity index is 2.23. The Kier molecular flexibility index (Phi) is 4.39. The van der Waals surface area contributed by atoms with Gasteiger partial charge < -0.3 is 10.6 Å². The number of nitrogens with zero attached hydrogens (tertiary/aromatic N) is 2. The number of thiocarbonyl (C=S) groups is 1. The quantitative estimate of drug-likeness (QED) is 0.724. The molecule has 0 atom stereocenters. The van der Waals surface area contributed by atoms with Crippen molar-refractivity contribution in [2.75, 3.05) is 6.54 Å². The van der Waals surface area contributed by atoms with E-state index in [2.05, 4.69) is 22.7 Å². The van der Waals surface area contributed by atoms with Crippen LogP contribution in [-0.4, -0.2) is 21.4 Å². The van der Waals surface area contributed by atoms with Gasteiger partial charge in [0.25, 0.3) is 0 Å². The van der Waals surface area contributed by atoms with Crippen molar-refractivity contribution in [1.29, 1.82) is 0 Å². The molecule has 4 nitrogen and oxygen atoms in total. The molecule has 0 aliphatic carbocycles. The second kappa shape index (κ2) is 5.59. The molecule has 5 heteroatoms. The highest BCUT2D eigenvalue weighted by Gasteiger charge is 1.97. The van der Waals surface area contributed by atoms with Crippen molar-refractivity contribution in [3.8, 4) is 0 Å². The largest absolute Gasteiger partial charge is 0.363 e. The summed E-state index contributed by atoms with van der Waals surface area (Å²) in [6, 6.07) is 0. The summed E-state index contributed by atoms with van der Waals surface area (Å²) in [5.41, 5.74) is 1.13. The minimum absolute atomic E-state index is 0.704. The van der Waals surface area contributed by atoms with Gasteiger partial charge in [-0.15, -0.1) is 0 Å². The van der Waals surface area contributed by atoms with Crippen LogP contribution in [0, 0.1) is 0 Å². The third-order valence-electron chi connectivity index (χ3n) is 1.75. The Bertz CT molecular complexity index is 295. The molecule has 14 heavy (non-hydrogen) atoms. The highest BCUT2D eigenvalue weighted by atomic mass is 32.1. The molecule has 1 aromatic rings. The maximum absolute atomic E-state index is 5.08. The fraction of sp³-hybridized carbons (Fsp3) is 0.556. The van der Waals surface area contributed by atoms with Gasteiger partial charge in [-0.05, 0) is 18.6 Å². The van der Waals surface area contributed by atoms with E-state index in [1.807, 2.05) is 19.4 Å². The van der Waals surface area contributed by atoms with Gasteiger partial charge in [-0.2, -0.15) is 5.10 Å². The van der Waals surface area contributed by atoms with E-state index in [-0.39, 0.29) is 0 Å². The van der Waals surface area contributed by atoms with Gasteiger partial charge in [0.1, 0.15) is 0 Å². The standard InChI is InChI=1S/C9H16N4S/c1-3-4-10-9(14)11-5-8-6-12-13(2)7-8/h6-7H,3-5H2,1-2H3,(H2,10,11,14). The Hall–Kier alpha value is -1.10. The molecule has 0 aliphatic rings. The van der Waals surface area contributed by atoms with E-state index in [4.69, 9.17) is 12.2 Å². The molecule has 0 aromatic carbocycles. The third-order valence-corrected chi connectivity index (χ3v) is 2.04. The molecule has 0 saturated carbocycles. The average molecular weight is 212 g/mol. The van der Waals surface area contributed by atoms with Crippen LogP contribution in [0.4, 0.5) is 0 Å². The molecule has 0 spiro atoms. The third kappa shape index (κ3) is 3.74. The monoisotopic (exact) mass is 212 g/mol. The Labute approximate surface area is 89.7 Å². The first-order valence-corrected chi connectivity index (χ1v) is 5.12. The van der Waals surface area contributed by atoms with E-state index < -0.39 is 0 Å². The summed E-state index contributed by atoms with van der Waals surface area (Å²) in [4.78, 5) is 0. The molecule has 0 saturated heterocycles. The summed E-state index contributed by atoms with van der Waals surface area (Å²) in [5, 5.41) is 11.0. The first-order valence-electron chi connectivity index (χ1n) is 4.71. The lowest BCUT2D eigenvalue weighted by Gasteiger charge is -2.07. The topological polar surface area (TPSA) is 41.9 Å². The van der Waals surface area contributed by atoms with Crippen LogP contribution in [0.25, 0.3) is 0 Å². The van der Waals surface area contributed by atoms with Gasteiger partial charge in [-0.3, -0.25) is 4.68 Å². The van der Waals surface area contributed by atoms with E-state index >= 15 is 0 Å². The smallest absolute Gasteiger partial charge is 0.166 e. The van der Waals surface area contributed by atoms with Crippen LogP contribution in [0.5, 0.6) is 0 Å². The molecule has 1 rings (SSSR count). The van der Waals surface area contributed by atoms with Crippen LogP contribution in [-0.2, 0) is 13.6 Å². The number of hydrogen-bond donors (Lipinski definition) is 2. The Morgan fingerprint density at radius 2 is 2.36 bits per heavy atom. The molecule has 1 heterocycles. The van der Waals surface area contributed by atoms with E-state index in [0.717, 1.165) is 25.1 Å². The van der Waals surface area contributed by atoms with E-state index in [0.29, 0.717) is 5.11 Å². The second-order valence-corrected chi connectivity index (χ2v) is 3.54. The highest BCUT2D eigenvalue weighted by Crippen LogP contribution is 1.94. The van der Waals surface area contributed by atoms with Crippen LogP contribution in [0.3, 0.4) is 0 Å². The van der Waals surface area contributed by atoms with E-state index in [1.54, 1.807) is 4.68 Å². The number of nitrogens with one attached hydrogen (secondary N) is 2. The number of rotatable bonds is 4. The molecule has 2 N–H and O–H groups in total. The maximum Gasteiger partial charge on any atom is 0.166 e. The van der Waals surface area contributed by atoms with E-state index in [1.165, 1.54) is 0 Å². The van der Waals surface area contributed by atoms with Crippen molar-refractivity contribution < 1.29 is 0 Å². The number of hydrogen-bond acceptors (Lipinski definition) is 2. The second-order valence-electron chi connectivity index (χ2n) is 3.13. The fourth-order valence-electron chi connectivity index (χ4n) is 1.05. The molecule has 0 unspecified atom stereocenters. The van der Waals surface area contributed by atoms with Crippen molar-refractivity contribution in [3.63, 3.8) is 0 Å². The number of aromatic nitrogens is 2. The van der Waals surface area contributed by atoms with Crippen molar-refractivity contribution >= 4 is 17.3 Å². The zero-order valence-corrected chi connectivity index (χ0v) is 9.40. The zero-order chi connectivity index (χ0) is 10.4. The minimum atomic E-state index is 0.704. The summed E-state index contributed by atoms with van der Waals surface area (Å²) in [6.45, 7) is 3.75. The Morgan fingerprint density at radius 3 is 2.93 bits per heavy atom. The predicted molar refractivity (Wildman–Crippen MR) is 60.9 cm³/mol. The summed E-state index contributed by atoms with van der Waals surface area (Å²) in [7, 11) is 1.90. The lowest BCUT2D eigenvalue weighted by molar-refractivity contribution is 0.765. The lowest BCUT2D eigenvalue weighted by Crippen LogP contribution is -2.35. The van der Waals surface area contributed by atoms with Crippen LogP contribution in [0.1, 0.15) is 18.9 Å². The van der Waals surface area contributed by atoms with Crippen molar-refractivity contribution in [2.45, 2.75) is 19.9 Å². The van der Waals surface area contributed by atoms with E-state index in [9.17, 15) is 0 Å². The summed E-state index contributed by atoms with van der Waals surface area (Å²) < 4.78 is 1.78. The molecule has 1 aromatic heterocycles. The van der Waals surface area contributed by atoms with Gasteiger partial charge in [0, 0.05) is 31.9 Å². The van der Waals surface area contributed by atoms with Crippen molar-refractivity contribution in [2.24, 2.45) is 7.05 Å². The van der Waals surface area contributed by atoms with Crippen LogP contribution in [0.15, 0.2) is 12.4 Å². The first kappa shape index (κ1) is 11.0. The lowest BCUT2D eigenvalue weighted by atomic mass is 10.4. The molecular weight excluding hydrogens is 196 g/mol. The molecule has 0 radical (unpaired) electrons. The molecule has 78 valence electrons. The molecule has 0 bridgehead atoms. The van der Waals surface area contributed by atoms with Gasteiger partial charge in [0.15, 0.2) is 5.11 Å². The minimum Gasteiger partial charge on any atom is -0.363 e. The zero-order valence-electron chi connectivity index (χ0n) is 8.58. The average Bonchev–Trinajstić information content (AvgIpc) is 2.58. The Morgan fingerprint density at radius 1 is 1.57 bits per heavy atom. The highest BCUT2D eigenvalue weighted by molar-refractivity contribution is 7.80.